The molecule has 1 fully saturated rings. The topological polar surface area (TPSA) is 115 Å². The summed E-state index contributed by atoms with van der Waals surface area (Å²) in [6.45, 7) is 2.98. The average molecular weight is 370 g/mol. The van der Waals surface area contributed by atoms with E-state index >= 15 is 0 Å². The van der Waals surface area contributed by atoms with Crippen LogP contribution in [0.4, 0.5) is 5.69 Å². The molecule has 0 unspecified atom stereocenters. The molecular formula is C19H18N2O6. The van der Waals surface area contributed by atoms with E-state index in [9.17, 15) is 14.4 Å². The van der Waals surface area contributed by atoms with Gasteiger partial charge in [0.05, 0.1) is 5.52 Å². The van der Waals surface area contributed by atoms with Gasteiger partial charge in [0.1, 0.15) is 11.3 Å². The number of anilines is 1. The Kier molecular flexibility index (Phi) is 4.41. The lowest BCUT2D eigenvalue weighted by Gasteiger charge is -2.21. The van der Waals surface area contributed by atoms with E-state index in [1.165, 1.54) is 6.07 Å². The SMILES string of the molecule is Cc1cc(C2CCOCC2)oc(=O)c1C(=O)Nc1ccc2[nH]c(=O)oc2c1. The molecule has 2 aromatic heterocycles. The van der Waals surface area contributed by atoms with Gasteiger partial charge in [0.2, 0.25) is 0 Å². The number of benzene rings is 1. The van der Waals surface area contributed by atoms with Crippen LogP contribution in [0.15, 0.2) is 42.7 Å². The van der Waals surface area contributed by atoms with Crippen LogP contribution in [0.25, 0.3) is 11.1 Å². The number of H-pyrrole nitrogens is 1. The summed E-state index contributed by atoms with van der Waals surface area (Å²) in [7, 11) is 0. The van der Waals surface area contributed by atoms with Crippen molar-refractivity contribution in [2.75, 3.05) is 18.5 Å². The minimum absolute atomic E-state index is 0.0403. The van der Waals surface area contributed by atoms with Crippen molar-refractivity contribution in [3.05, 3.63) is 62.1 Å². The fourth-order valence-electron chi connectivity index (χ4n) is 3.31. The Morgan fingerprint density at radius 1 is 1.15 bits per heavy atom. The molecule has 8 nitrogen and oxygen atoms in total. The average Bonchev–Trinajstić information content (AvgIpc) is 3.01. The van der Waals surface area contributed by atoms with Crippen molar-refractivity contribution in [2.24, 2.45) is 0 Å². The number of nitrogens with one attached hydrogen (secondary N) is 2. The third-order valence-electron chi connectivity index (χ3n) is 4.70. The fraction of sp³-hybridized carbons (Fsp3) is 0.316. The van der Waals surface area contributed by atoms with Crippen molar-refractivity contribution in [1.29, 1.82) is 0 Å². The third-order valence-corrected chi connectivity index (χ3v) is 4.70. The van der Waals surface area contributed by atoms with Crippen LogP contribution >= 0.6 is 0 Å². The van der Waals surface area contributed by atoms with Gasteiger partial charge in [-0.3, -0.25) is 9.78 Å². The maximum absolute atomic E-state index is 12.6. The van der Waals surface area contributed by atoms with Crippen molar-refractivity contribution < 1.29 is 18.4 Å². The van der Waals surface area contributed by atoms with Crippen molar-refractivity contribution in [2.45, 2.75) is 25.7 Å². The summed E-state index contributed by atoms with van der Waals surface area (Å²) in [6.07, 6.45) is 1.58. The number of rotatable bonds is 3. The van der Waals surface area contributed by atoms with Crippen LogP contribution in [0.3, 0.4) is 0 Å². The van der Waals surface area contributed by atoms with E-state index in [1.54, 1.807) is 25.1 Å². The monoisotopic (exact) mass is 370 g/mol. The molecule has 27 heavy (non-hydrogen) atoms. The second-order valence-corrected chi connectivity index (χ2v) is 6.56. The fourth-order valence-corrected chi connectivity index (χ4v) is 3.31. The van der Waals surface area contributed by atoms with E-state index in [1.807, 2.05) is 0 Å². The molecule has 0 radical (unpaired) electrons. The van der Waals surface area contributed by atoms with Crippen LogP contribution < -0.4 is 16.7 Å². The summed E-state index contributed by atoms with van der Waals surface area (Å²) in [5, 5.41) is 2.65. The van der Waals surface area contributed by atoms with Gasteiger partial charge in [-0.15, -0.1) is 0 Å². The van der Waals surface area contributed by atoms with E-state index in [2.05, 4.69) is 10.3 Å². The minimum Gasteiger partial charge on any atom is -0.427 e. The highest BCUT2D eigenvalue weighted by molar-refractivity contribution is 6.05. The largest absolute Gasteiger partial charge is 0.427 e. The zero-order chi connectivity index (χ0) is 19.0. The smallest absolute Gasteiger partial charge is 0.417 e. The molecule has 0 spiro atoms. The second-order valence-electron chi connectivity index (χ2n) is 6.56. The maximum Gasteiger partial charge on any atom is 0.417 e. The zero-order valence-electron chi connectivity index (χ0n) is 14.7. The van der Waals surface area contributed by atoms with Gasteiger partial charge in [-0.1, -0.05) is 0 Å². The van der Waals surface area contributed by atoms with Crippen LogP contribution in [0.2, 0.25) is 0 Å². The highest BCUT2D eigenvalue weighted by atomic mass is 16.5. The van der Waals surface area contributed by atoms with Gasteiger partial charge in [-0.2, -0.15) is 0 Å². The van der Waals surface area contributed by atoms with Gasteiger partial charge in [0, 0.05) is 30.9 Å². The predicted octanol–water partition coefficient (Wildman–Crippen LogP) is 2.53. The Balaban J connectivity index is 1.60. The highest BCUT2D eigenvalue weighted by Crippen LogP contribution is 2.27. The predicted molar refractivity (Wildman–Crippen MR) is 97.3 cm³/mol. The van der Waals surface area contributed by atoms with E-state index in [4.69, 9.17) is 13.6 Å². The lowest BCUT2D eigenvalue weighted by molar-refractivity contribution is 0.0796. The first-order valence-electron chi connectivity index (χ1n) is 8.68. The number of fused-ring (bicyclic) bond motifs is 1. The summed E-state index contributed by atoms with van der Waals surface area (Å²) >= 11 is 0. The van der Waals surface area contributed by atoms with Crippen LogP contribution in [-0.4, -0.2) is 24.1 Å². The first-order valence-corrected chi connectivity index (χ1v) is 8.68. The molecule has 1 aliphatic heterocycles. The minimum atomic E-state index is -0.664. The zero-order valence-corrected chi connectivity index (χ0v) is 14.7. The molecule has 1 saturated heterocycles. The first-order chi connectivity index (χ1) is 13.0. The standard InChI is InChI=1S/C19H18N2O6/c1-10-8-14(11-4-6-25-7-5-11)26-18(23)16(10)17(22)20-12-2-3-13-15(9-12)27-19(24)21-13/h2-3,8-9,11H,4-7H2,1H3,(H,20,22)(H,21,24). The van der Waals surface area contributed by atoms with Crippen molar-refractivity contribution in [3.8, 4) is 0 Å². The summed E-state index contributed by atoms with van der Waals surface area (Å²) in [6, 6.07) is 6.48. The molecule has 0 atom stereocenters. The van der Waals surface area contributed by atoms with Gasteiger partial charge in [0.25, 0.3) is 5.91 Å². The van der Waals surface area contributed by atoms with Gasteiger partial charge in [-0.05, 0) is 43.5 Å². The Morgan fingerprint density at radius 3 is 2.67 bits per heavy atom. The van der Waals surface area contributed by atoms with E-state index in [-0.39, 0.29) is 11.5 Å². The summed E-state index contributed by atoms with van der Waals surface area (Å²) in [5.74, 6) is -0.431. The lowest BCUT2D eigenvalue weighted by atomic mass is 9.95. The first kappa shape index (κ1) is 17.3. The molecule has 0 aliphatic carbocycles. The molecule has 0 saturated carbocycles. The number of carbonyl (C=O) groups is 1. The second kappa shape index (κ2) is 6.88. The van der Waals surface area contributed by atoms with Crippen LogP contribution in [0.1, 0.15) is 40.4 Å². The number of carbonyl (C=O) groups excluding carboxylic acids is 1. The molecular weight excluding hydrogens is 352 g/mol. The number of aromatic amines is 1. The van der Waals surface area contributed by atoms with Crippen LogP contribution in [0.5, 0.6) is 0 Å². The van der Waals surface area contributed by atoms with Gasteiger partial charge in [0.15, 0.2) is 5.58 Å². The van der Waals surface area contributed by atoms with Gasteiger partial charge in [-0.25, -0.2) is 9.59 Å². The van der Waals surface area contributed by atoms with Crippen molar-refractivity contribution in [3.63, 3.8) is 0 Å². The number of aromatic nitrogens is 1. The van der Waals surface area contributed by atoms with Crippen molar-refractivity contribution in [1.82, 2.24) is 4.98 Å². The van der Waals surface area contributed by atoms with Crippen LogP contribution in [0, 0.1) is 6.92 Å². The Labute approximate surface area is 153 Å². The number of aryl methyl sites for hydroxylation is 1. The molecule has 4 rings (SSSR count). The Hall–Kier alpha value is -3.13. The maximum atomic E-state index is 12.6. The van der Waals surface area contributed by atoms with E-state index < -0.39 is 17.3 Å². The molecule has 1 aromatic carbocycles. The molecule has 8 heteroatoms. The molecule has 1 aliphatic rings. The van der Waals surface area contributed by atoms with Crippen molar-refractivity contribution >= 4 is 22.7 Å². The quantitative estimate of drug-likeness (QED) is 0.732. The van der Waals surface area contributed by atoms with E-state index in [0.29, 0.717) is 41.3 Å². The molecule has 3 heterocycles. The van der Waals surface area contributed by atoms with Crippen LogP contribution in [-0.2, 0) is 4.74 Å². The number of hydrogen-bond donors (Lipinski definition) is 2. The summed E-state index contributed by atoms with van der Waals surface area (Å²) < 4.78 is 15.7. The summed E-state index contributed by atoms with van der Waals surface area (Å²) in [4.78, 5) is 38.8. The lowest BCUT2D eigenvalue weighted by Crippen LogP contribution is -2.24. The van der Waals surface area contributed by atoms with E-state index in [0.717, 1.165) is 12.8 Å². The summed E-state index contributed by atoms with van der Waals surface area (Å²) in [5.41, 5.74) is 1.10. The third kappa shape index (κ3) is 3.43. The Morgan fingerprint density at radius 2 is 1.93 bits per heavy atom. The van der Waals surface area contributed by atoms with Gasteiger partial charge >= 0.3 is 11.4 Å². The molecule has 2 N–H and O–H groups in total. The number of ether oxygens (including phenoxy) is 1. The number of oxazole rings is 1. The normalized spacial score (nSPS) is 15.1. The molecule has 140 valence electrons. The highest BCUT2D eigenvalue weighted by Gasteiger charge is 2.23. The number of amides is 1. The molecule has 3 aromatic rings. The number of hydrogen-bond acceptors (Lipinski definition) is 6. The van der Waals surface area contributed by atoms with Gasteiger partial charge < -0.3 is 18.9 Å². The molecule has 0 bridgehead atoms. The molecule has 1 amide bonds. The Bertz CT molecular complexity index is 1120.